The second-order valence-electron chi connectivity index (χ2n) is 7.87. The number of H-pyrrole nitrogens is 1. The van der Waals surface area contributed by atoms with Gasteiger partial charge >= 0.3 is 0 Å². The van der Waals surface area contributed by atoms with Crippen molar-refractivity contribution in [1.29, 1.82) is 0 Å². The number of carbonyl (C=O) groups excluding carboxylic acids is 1. The number of aromatic amines is 1. The van der Waals surface area contributed by atoms with Crippen molar-refractivity contribution >= 4 is 16.8 Å². The van der Waals surface area contributed by atoms with E-state index in [4.69, 9.17) is 0 Å². The molecule has 1 aliphatic rings. The summed E-state index contributed by atoms with van der Waals surface area (Å²) in [6, 6.07) is 11.4. The van der Waals surface area contributed by atoms with Gasteiger partial charge in [0.25, 0.3) is 0 Å². The highest BCUT2D eigenvalue weighted by molar-refractivity contribution is 5.86. The fourth-order valence-electron chi connectivity index (χ4n) is 3.50. The number of aryl methyl sites for hydroxylation is 1. The van der Waals surface area contributed by atoms with Crippen molar-refractivity contribution in [3.05, 3.63) is 77.9 Å². The minimum atomic E-state index is -0.640. The van der Waals surface area contributed by atoms with Crippen LogP contribution >= 0.6 is 0 Å². The van der Waals surface area contributed by atoms with Gasteiger partial charge in [-0.25, -0.2) is 13.2 Å². The Kier molecular flexibility index (Phi) is 6.30. The maximum atomic E-state index is 13.5. The van der Waals surface area contributed by atoms with Gasteiger partial charge in [-0.2, -0.15) is 5.10 Å². The van der Waals surface area contributed by atoms with Crippen LogP contribution in [0.4, 0.5) is 13.2 Å². The van der Waals surface area contributed by atoms with Crippen LogP contribution < -0.4 is 5.32 Å². The molecule has 2 heterocycles. The second kappa shape index (κ2) is 9.30. The Balaban J connectivity index is 0.000000158. The average Bonchev–Trinajstić information content (AvgIpc) is 3.32. The maximum absolute atomic E-state index is 13.5. The molecular weight excluding hydrogens is 417 g/mol. The van der Waals surface area contributed by atoms with Gasteiger partial charge in [-0.15, -0.1) is 0 Å². The van der Waals surface area contributed by atoms with Crippen LogP contribution in [0.15, 0.2) is 54.7 Å². The van der Waals surface area contributed by atoms with Crippen LogP contribution in [-0.2, 0) is 18.4 Å². The Morgan fingerprint density at radius 1 is 1.09 bits per heavy atom. The van der Waals surface area contributed by atoms with Gasteiger partial charge in [0.2, 0.25) is 5.91 Å². The molecule has 0 spiro atoms. The van der Waals surface area contributed by atoms with Crippen molar-refractivity contribution in [2.75, 3.05) is 0 Å². The van der Waals surface area contributed by atoms with E-state index in [1.807, 2.05) is 19.3 Å². The Hall–Kier alpha value is -3.55. The van der Waals surface area contributed by atoms with E-state index in [0.29, 0.717) is 23.2 Å². The molecule has 1 saturated carbocycles. The highest BCUT2D eigenvalue weighted by atomic mass is 19.1. The molecule has 0 bridgehead atoms. The number of aromatic nitrogens is 3. The summed E-state index contributed by atoms with van der Waals surface area (Å²) in [5, 5.41) is 7.54. The first-order valence-corrected chi connectivity index (χ1v) is 10.4. The SMILES string of the molecule is Cn1ccc(CNC(=O)C2CCC2)n1.Fc1ccc(-c2cc3cc(F)cc(F)c3[nH]2)cc1. The Morgan fingerprint density at radius 3 is 2.47 bits per heavy atom. The summed E-state index contributed by atoms with van der Waals surface area (Å²) in [6.45, 7) is 0.552. The van der Waals surface area contributed by atoms with Gasteiger partial charge < -0.3 is 10.3 Å². The molecule has 8 heteroatoms. The van der Waals surface area contributed by atoms with E-state index in [2.05, 4.69) is 15.4 Å². The van der Waals surface area contributed by atoms with Crippen LogP contribution in [0.3, 0.4) is 0 Å². The van der Waals surface area contributed by atoms with Crippen molar-refractivity contribution in [1.82, 2.24) is 20.1 Å². The molecule has 2 N–H and O–H groups in total. The number of carbonyl (C=O) groups is 1. The molecule has 2 aromatic carbocycles. The molecular formula is C24H23F3N4O. The zero-order valence-electron chi connectivity index (χ0n) is 17.5. The topological polar surface area (TPSA) is 62.7 Å². The zero-order valence-corrected chi connectivity index (χ0v) is 17.5. The Bertz CT molecular complexity index is 1230. The van der Waals surface area contributed by atoms with Crippen LogP contribution in [0, 0.1) is 23.4 Å². The van der Waals surface area contributed by atoms with E-state index >= 15 is 0 Å². The quantitative estimate of drug-likeness (QED) is 0.464. The smallest absolute Gasteiger partial charge is 0.223 e. The van der Waals surface area contributed by atoms with Crippen molar-refractivity contribution in [2.24, 2.45) is 13.0 Å². The lowest BCUT2D eigenvalue weighted by atomic mass is 9.85. The van der Waals surface area contributed by atoms with E-state index in [1.165, 1.54) is 24.6 Å². The van der Waals surface area contributed by atoms with E-state index < -0.39 is 11.6 Å². The number of fused-ring (bicyclic) bond motifs is 1. The van der Waals surface area contributed by atoms with Gasteiger partial charge in [-0.1, -0.05) is 6.42 Å². The van der Waals surface area contributed by atoms with Gasteiger partial charge in [0.15, 0.2) is 0 Å². The summed E-state index contributed by atoms with van der Waals surface area (Å²) in [6.07, 6.45) is 5.18. The molecule has 1 aliphatic carbocycles. The minimum absolute atomic E-state index is 0.182. The molecule has 166 valence electrons. The lowest BCUT2D eigenvalue weighted by Gasteiger charge is -2.23. The largest absolute Gasteiger partial charge is 0.352 e. The molecule has 32 heavy (non-hydrogen) atoms. The van der Waals surface area contributed by atoms with Gasteiger partial charge in [0, 0.05) is 36.3 Å². The first-order valence-electron chi connectivity index (χ1n) is 10.4. The molecule has 1 fully saturated rings. The van der Waals surface area contributed by atoms with Crippen LogP contribution in [0.5, 0.6) is 0 Å². The molecule has 0 aliphatic heterocycles. The molecule has 4 aromatic rings. The maximum Gasteiger partial charge on any atom is 0.223 e. The molecule has 5 rings (SSSR count). The molecule has 2 aromatic heterocycles. The summed E-state index contributed by atoms with van der Waals surface area (Å²) in [5.74, 6) is -1.16. The van der Waals surface area contributed by atoms with E-state index in [9.17, 15) is 18.0 Å². The molecule has 0 unspecified atom stereocenters. The number of benzene rings is 2. The summed E-state index contributed by atoms with van der Waals surface area (Å²) < 4.78 is 41.1. The predicted molar refractivity (Wildman–Crippen MR) is 116 cm³/mol. The highest BCUT2D eigenvalue weighted by Crippen LogP contribution is 2.27. The number of amides is 1. The van der Waals surface area contributed by atoms with Gasteiger partial charge in [-0.05, 0) is 60.9 Å². The minimum Gasteiger partial charge on any atom is -0.352 e. The highest BCUT2D eigenvalue weighted by Gasteiger charge is 2.24. The van der Waals surface area contributed by atoms with Crippen LogP contribution in [-0.4, -0.2) is 20.7 Å². The zero-order chi connectivity index (χ0) is 22.7. The third kappa shape index (κ3) is 5.01. The lowest BCUT2D eigenvalue weighted by molar-refractivity contribution is -0.127. The molecule has 0 saturated heterocycles. The number of nitrogens with one attached hydrogen (secondary N) is 2. The predicted octanol–water partition coefficient (Wildman–Crippen LogP) is 5.09. The van der Waals surface area contributed by atoms with Gasteiger partial charge in [0.05, 0.1) is 17.8 Å². The first kappa shape index (κ1) is 21.7. The van der Waals surface area contributed by atoms with Crippen LogP contribution in [0.25, 0.3) is 22.2 Å². The van der Waals surface area contributed by atoms with Crippen molar-refractivity contribution in [2.45, 2.75) is 25.8 Å². The number of hydrogen-bond acceptors (Lipinski definition) is 2. The molecule has 5 nitrogen and oxygen atoms in total. The van der Waals surface area contributed by atoms with Gasteiger partial charge in [0.1, 0.15) is 17.5 Å². The summed E-state index contributed by atoms with van der Waals surface area (Å²) in [4.78, 5) is 14.3. The van der Waals surface area contributed by atoms with Crippen molar-refractivity contribution < 1.29 is 18.0 Å². The average molecular weight is 440 g/mol. The van der Waals surface area contributed by atoms with E-state index in [1.54, 1.807) is 22.9 Å². The standard InChI is InChI=1S/C14H8F3N.C10H15N3O/c15-10-3-1-8(2-4-10)13-6-9-5-11(16)7-12(17)14(9)18-13;1-13-6-5-9(12-13)7-11-10(14)8-3-2-4-8/h1-7,18H;5-6,8H,2-4,7H2,1H3,(H,11,14). The Morgan fingerprint density at radius 2 is 1.84 bits per heavy atom. The molecule has 0 radical (unpaired) electrons. The third-order valence-electron chi connectivity index (χ3n) is 5.49. The number of rotatable bonds is 4. The lowest BCUT2D eigenvalue weighted by Crippen LogP contribution is -2.34. The number of hydrogen-bond donors (Lipinski definition) is 2. The Labute approximate surface area is 183 Å². The van der Waals surface area contributed by atoms with Crippen molar-refractivity contribution in [3.8, 4) is 11.3 Å². The van der Waals surface area contributed by atoms with E-state index in [-0.39, 0.29) is 23.2 Å². The number of nitrogens with zero attached hydrogens (tertiary/aromatic N) is 2. The fraction of sp³-hybridized carbons (Fsp3) is 0.250. The van der Waals surface area contributed by atoms with Crippen LogP contribution in [0.2, 0.25) is 0 Å². The molecule has 0 atom stereocenters. The van der Waals surface area contributed by atoms with Gasteiger partial charge in [-0.3, -0.25) is 9.48 Å². The van der Waals surface area contributed by atoms with Crippen LogP contribution in [0.1, 0.15) is 25.0 Å². The summed E-state index contributed by atoms with van der Waals surface area (Å²) in [7, 11) is 1.87. The normalized spacial score (nSPS) is 13.4. The van der Waals surface area contributed by atoms with Crippen molar-refractivity contribution in [3.63, 3.8) is 0 Å². The second-order valence-corrected chi connectivity index (χ2v) is 7.87. The fourth-order valence-corrected chi connectivity index (χ4v) is 3.50. The summed E-state index contributed by atoms with van der Waals surface area (Å²) >= 11 is 0. The summed E-state index contributed by atoms with van der Waals surface area (Å²) in [5.41, 5.74) is 2.50. The molecule has 1 amide bonds. The third-order valence-corrected chi connectivity index (χ3v) is 5.49. The van der Waals surface area contributed by atoms with E-state index in [0.717, 1.165) is 24.6 Å². The first-order chi connectivity index (χ1) is 15.4. The number of halogens is 3. The monoisotopic (exact) mass is 440 g/mol.